The van der Waals surface area contributed by atoms with Crippen LogP contribution in [0.2, 0.25) is 0 Å². The molecule has 0 aromatic heterocycles. The van der Waals surface area contributed by atoms with Crippen LogP contribution in [0.3, 0.4) is 0 Å². The third-order valence-electron chi connectivity index (χ3n) is 1.69. The van der Waals surface area contributed by atoms with Gasteiger partial charge in [0.25, 0.3) is 0 Å². The second kappa shape index (κ2) is 2.30. The highest BCUT2D eigenvalue weighted by Crippen LogP contribution is 2.19. The molecule has 0 amide bonds. The van der Waals surface area contributed by atoms with Crippen LogP contribution in [0.1, 0.15) is 37.7 Å². The van der Waals surface area contributed by atoms with Gasteiger partial charge in [-0.05, 0) is 46.6 Å². The van der Waals surface area contributed by atoms with E-state index in [0.717, 1.165) is 0 Å². The summed E-state index contributed by atoms with van der Waals surface area (Å²) in [5, 5.41) is 0. The second-order valence-electron chi connectivity index (χ2n) is 3.46. The third-order valence-corrected chi connectivity index (χ3v) is 1.69. The first-order chi connectivity index (χ1) is 5.23. The fourth-order valence-electron chi connectivity index (χ4n) is 0.925. The summed E-state index contributed by atoms with van der Waals surface area (Å²) >= 11 is 0. The molecule has 1 unspecified atom stereocenters. The molecule has 9 heavy (non-hydrogen) atoms. The minimum absolute atomic E-state index is 0.0108. The minimum Gasteiger partial charge on any atom is -0.298 e. The SMILES string of the molecule is [2H]C1CN(C(C)(C)C)CC1([2H])[2H]. The molecule has 1 saturated heterocycles. The van der Waals surface area contributed by atoms with E-state index in [1.165, 1.54) is 0 Å². The Morgan fingerprint density at radius 3 is 2.22 bits per heavy atom. The Kier molecular flexibility index (Phi) is 1.01. The first kappa shape index (κ1) is 3.97. The van der Waals surface area contributed by atoms with Crippen molar-refractivity contribution in [2.45, 2.75) is 39.1 Å². The number of hydrogen-bond acceptors (Lipinski definition) is 1. The van der Waals surface area contributed by atoms with Crippen molar-refractivity contribution in [1.82, 2.24) is 4.90 Å². The molecule has 1 fully saturated rings. The van der Waals surface area contributed by atoms with E-state index in [1.807, 2.05) is 4.90 Å². The zero-order valence-corrected chi connectivity index (χ0v) is 6.44. The quantitative estimate of drug-likeness (QED) is 0.484. The predicted octanol–water partition coefficient (Wildman–Crippen LogP) is 1.88. The summed E-state index contributed by atoms with van der Waals surface area (Å²) in [7, 11) is 0. The average molecular weight is 130 g/mol. The van der Waals surface area contributed by atoms with Crippen molar-refractivity contribution < 1.29 is 4.11 Å². The van der Waals surface area contributed by atoms with E-state index in [0.29, 0.717) is 13.1 Å². The van der Waals surface area contributed by atoms with E-state index in [9.17, 15) is 0 Å². The van der Waals surface area contributed by atoms with Crippen LogP contribution in [0.15, 0.2) is 0 Å². The van der Waals surface area contributed by atoms with Crippen LogP contribution in [0.25, 0.3) is 0 Å². The van der Waals surface area contributed by atoms with Gasteiger partial charge in [0.2, 0.25) is 0 Å². The number of rotatable bonds is 0. The number of nitrogens with zero attached hydrogens (tertiary/aromatic N) is 1. The molecule has 54 valence electrons. The zero-order chi connectivity index (χ0) is 9.57. The van der Waals surface area contributed by atoms with Crippen molar-refractivity contribution >= 4 is 0 Å². The molecule has 0 aromatic carbocycles. The van der Waals surface area contributed by atoms with Gasteiger partial charge in [0.05, 0.1) is 0 Å². The molecule has 0 bridgehead atoms. The Morgan fingerprint density at radius 1 is 1.33 bits per heavy atom. The second-order valence-corrected chi connectivity index (χ2v) is 3.46. The van der Waals surface area contributed by atoms with Gasteiger partial charge < -0.3 is 0 Å². The highest BCUT2D eigenvalue weighted by Gasteiger charge is 2.23. The van der Waals surface area contributed by atoms with E-state index in [4.69, 9.17) is 4.11 Å². The molecule has 0 N–H and O–H groups in total. The van der Waals surface area contributed by atoms with Gasteiger partial charge in [-0.15, -0.1) is 0 Å². The van der Waals surface area contributed by atoms with Gasteiger partial charge in [-0.25, -0.2) is 0 Å². The number of hydrogen-bond donors (Lipinski definition) is 0. The molecule has 1 atom stereocenters. The largest absolute Gasteiger partial charge is 0.298 e. The molecule has 0 radical (unpaired) electrons. The van der Waals surface area contributed by atoms with Crippen molar-refractivity contribution in [3.63, 3.8) is 0 Å². The van der Waals surface area contributed by atoms with Crippen LogP contribution in [0.4, 0.5) is 0 Å². The lowest BCUT2D eigenvalue weighted by molar-refractivity contribution is 0.175. The fourth-order valence-corrected chi connectivity index (χ4v) is 0.925. The molecule has 1 rings (SSSR count). The van der Waals surface area contributed by atoms with Crippen LogP contribution in [0, 0.1) is 0 Å². The van der Waals surface area contributed by atoms with Crippen molar-refractivity contribution in [3.05, 3.63) is 0 Å². The Bertz CT molecular complexity index is 174. The van der Waals surface area contributed by atoms with Crippen molar-refractivity contribution in [3.8, 4) is 0 Å². The Morgan fingerprint density at radius 2 is 2.00 bits per heavy atom. The van der Waals surface area contributed by atoms with Gasteiger partial charge in [-0.2, -0.15) is 0 Å². The summed E-state index contributed by atoms with van der Waals surface area (Å²) in [6, 6.07) is 0. The summed E-state index contributed by atoms with van der Waals surface area (Å²) in [4.78, 5) is 2.03. The van der Waals surface area contributed by atoms with Gasteiger partial charge >= 0.3 is 0 Å². The van der Waals surface area contributed by atoms with Gasteiger partial charge in [0.1, 0.15) is 0 Å². The molecule has 1 heterocycles. The normalized spacial score (nSPS) is 41.7. The minimum atomic E-state index is -1.33. The van der Waals surface area contributed by atoms with Crippen LogP contribution in [-0.4, -0.2) is 23.5 Å². The highest BCUT2D eigenvalue weighted by molar-refractivity contribution is 4.79. The summed E-state index contributed by atoms with van der Waals surface area (Å²) in [6.45, 7) is 7.12. The molecule has 1 nitrogen and oxygen atoms in total. The van der Waals surface area contributed by atoms with E-state index in [-0.39, 0.29) is 5.54 Å². The van der Waals surface area contributed by atoms with Gasteiger partial charge in [0.15, 0.2) is 0 Å². The Labute approximate surface area is 62.3 Å². The molecule has 0 saturated carbocycles. The molecular weight excluding hydrogens is 110 g/mol. The van der Waals surface area contributed by atoms with Crippen LogP contribution >= 0.6 is 0 Å². The van der Waals surface area contributed by atoms with E-state index in [1.54, 1.807) is 0 Å². The molecule has 0 aromatic rings. The van der Waals surface area contributed by atoms with Crippen molar-refractivity contribution in [2.24, 2.45) is 0 Å². The standard InChI is InChI=1S/C8H17N/c1-8(2,3)9-6-4-5-7-9/h4-7H2,1-3H3/i4D,5D2. The maximum atomic E-state index is 7.54. The highest BCUT2D eigenvalue weighted by atomic mass is 15.2. The van der Waals surface area contributed by atoms with E-state index < -0.39 is 12.8 Å². The van der Waals surface area contributed by atoms with Gasteiger partial charge in [0, 0.05) is 9.65 Å². The average Bonchev–Trinajstić information content (AvgIpc) is 2.06. The molecule has 1 heteroatoms. The lowest BCUT2D eigenvalue weighted by Gasteiger charge is -2.31. The molecule has 0 aliphatic carbocycles. The van der Waals surface area contributed by atoms with Gasteiger partial charge in [-0.1, -0.05) is 0 Å². The predicted molar refractivity (Wildman–Crippen MR) is 40.6 cm³/mol. The van der Waals surface area contributed by atoms with Crippen molar-refractivity contribution in [1.29, 1.82) is 0 Å². The lowest BCUT2D eigenvalue weighted by Crippen LogP contribution is -2.38. The molecule has 1 aliphatic heterocycles. The van der Waals surface area contributed by atoms with Crippen LogP contribution < -0.4 is 0 Å². The topological polar surface area (TPSA) is 3.24 Å². The molecule has 0 spiro atoms. The smallest absolute Gasteiger partial charge is 0.0280 e. The fraction of sp³-hybridized carbons (Fsp3) is 1.00. The van der Waals surface area contributed by atoms with E-state index >= 15 is 0 Å². The first-order valence-electron chi connectivity index (χ1n) is 4.98. The summed E-state index contributed by atoms with van der Waals surface area (Å²) in [5.74, 6) is 0. The summed E-state index contributed by atoms with van der Waals surface area (Å²) < 4.78 is 22.6. The monoisotopic (exact) mass is 130 g/mol. The Balaban J connectivity index is 2.67. The summed E-state index contributed by atoms with van der Waals surface area (Å²) in [5.41, 5.74) is -0.0108. The lowest BCUT2D eigenvalue weighted by atomic mass is 10.1. The summed E-state index contributed by atoms with van der Waals surface area (Å²) in [6.07, 6.45) is -1.91. The first-order valence-corrected chi connectivity index (χ1v) is 3.41. The van der Waals surface area contributed by atoms with Crippen LogP contribution in [-0.2, 0) is 0 Å². The molecule has 1 aliphatic rings. The molecular formula is C8H17N. The van der Waals surface area contributed by atoms with Crippen molar-refractivity contribution in [2.75, 3.05) is 13.1 Å². The Hall–Kier alpha value is -0.0400. The third kappa shape index (κ3) is 1.68. The maximum Gasteiger partial charge on any atom is 0.0280 e. The maximum absolute atomic E-state index is 7.54. The van der Waals surface area contributed by atoms with Crippen LogP contribution in [0.5, 0.6) is 0 Å². The van der Waals surface area contributed by atoms with E-state index in [2.05, 4.69) is 20.8 Å². The zero-order valence-electron chi connectivity index (χ0n) is 9.44. The number of likely N-dealkylation sites (tertiary alicyclic amines) is 1. The van der Waals surface area contributed by atoms with Gasteiger partial charge in [-0.3, -0.25) is 4.90 Å².